The minimum atomic E-state index is 0.645. The summed E-state index contributed by atoms with van der Waals surface area (Å²) in [6.07, 6.45) is 0. The lowest BCUT2D eigenvalue weighted by molar-refractivity contribution is 1.03. The van der Waals surface area contributed by atoms with E-state index in [0.29, 0.717) is 17.5 Å². The van der Waals surface area contributed by atoms with Gasteiger partial charge in [0.15, 0.2) is 17.5 Å². The van der Waals surface area contributed by atoms with Gasteiger partial charge < -0.3 is 0 Å². The molecule has 12 rings (SSSR count). The number of hydrogen-bond donors (Lipinski definition) is 0. The molecule has 0 unspecified atom stereocenters. The maximum Gasteiger partial charge on any atom is 0.164 e. The Bertz CT molecular complexity index is 3300. The molecule has 0 aliphatic carbocycles. The number of fused-ring (bicyclic) bond motifs is 10. The van der Waals surface area contributed by atoms with E-state index in [1.165, 1.54) is 51.9 Å². The van der Waals surface area contributed by atoms with Crippen LogP contribution in [0.4, 0.5) is 0 Å². The molecule has 4 aromatic heterocycles. The van der Waals surface area contributed by atoms with Crippen LogP contribution < -0.4 is 0 Å². The van der Waals surface area contributed by atoms with Gasteiger partial charge in [-0.2, -0.15) is 0 Å². The predicted octanol–water partition coefficient (Wildman–Crippen LogP) is 12.7. The normalized spacial score (nSPS) is 12.4. The summed E-state index contributed by atoms with van der Waals surface area (Å²) in [5, 5.41) is 6.08. The van der Waals surface area contributed by atoms with Crippen LogP contribution in [0, 0.1) is 0 Å². The maximum absolute atomic E-state index is 5.23. The van der Waals surface area contributed by atoms with Gasteiger partial charge in [0, 0.05) is 68.5 Å². The zero-order valence-electron chi connectivity index (χ0n) is 28.6. The lowest BCUT2D eigenvalue weighted by Gasteiger charge is -2.21. The molecular weight excluding hydrogens is 699 g/mol. The number of hydrogen-bond acceptors (Lipinski definition) is 5. The predicted molar refractivity (Wildman–Crippen MR) is 224 cm³/mol. The summed E-state index contributed by atoms with van der Waals surface area (Å²) in [6.45, 7) is 0. The Morgan fingerprint density at radius 3 is 1.89 bits per heavy atom. The largest absolute Gasteiger partial charge is 0.295 e. The van der Waals surface area contributed by atoms with Gasteiger partial charge in [0.05, 0.1) is 16.7 Å². The summed E-state index contributed by atoms with van der Waals surface area (Å²) >= 11 is 3.66. The van der Waals surface area contributed by atoms with Gasteiger partial charge in [-0.3, -0.25) is 9.13 Å². The van der Waals surface area contributed by atoms with Crippen LogP contribution in [0.15, 0.2) is 174 Å². The quantitative estimate of drug-likeness (QED) is 0.181. The first kappa shape index (κ1) is 30.0. The van der Waals surface area contributed by atoms with Crippen molar-refractivity contribution in [3.63, 3.8) is 0 Å². The number of thiophene rings is 1. The Labute approximate surface area is 317 Å². The van der Waals surface area contributed by atoms with E-state index in [2.05, 4.69) is 155 Å². The van der Waals surface area contributed by atoms with Gasteiger partial charge in [-0.1, -0.05) is 103 Å². The lowest BCUT2D eigenvalue weighted by Crippen LogP contribution is -2.05. The van der Waals surface area contributed by atoms with Crippen molar-refractivity contribution in [2.75, 3.05) is 0 Å². The van der Waals surface area contributed by atoms with Gasteiger partial charge in [-0.25, -0.2) is 15.0 Å². The Hall–Kier alpha value is -6.54. The Balaban J connectivity index is 1.14. The molecule has 54 heavy (non-hydrogen) atoms. The van der Waals surface area contributed by atoms with Gasteiger partial charge >= 0.3 is 0 Å². The summed E-state index contributed by atoms with van der Waals surface area (Å²) in [5.74, 6) is 1.95. The maximum atomic E-state index is 5.23. The first-order chi connectivity index (χ1) is 26.8. The van der Waals surface area contributed by atoms with E-state index < -0.39 is 0 Å². The smallest absolute Gasteiger partial charge is 0.164 e. The first-order valence-corrected chi connectivity index (χ1v) is 19.6. The van der Waals surface area contributed by atoms with Crippen LogP contribution in [-0.4, -0.2) is 24.1 Å². The topological polar surface area (TPSA) is 48.5 Å². The molecule has 0 N–H and O–H groups in total. The molecule has 0 saturated heterocycles. The zero-order chi connectivity index (χ0) is 35.3. The van der Waals surface area contributed by atoms with Gasteiger partial charge in [0.2, 0.25) is 0 Å². The fourth-order valence-corrected chi connectivity index (χ4v) is 10.4. The summed E-state index contributed by atoms with van der Waals surface area (Å²) in [6, 6.07) is 58.2. The van der Waals surface area contributed by atoms with Crippen LogP contribution >= 0.6 is 23.1 Å². The third kappa shape index (κ3) is 4.37. The van der Waals surface area contributed by atoms with E-state index in [1.807, 2.05) is 41.3 Å². The summed E-state index contributed by atoms with van der Waals surface area (Å²) in [7, 11) is 0. The molecule has 7 heteroatoms. The minimum absolute atomic E-state index is 0.645. The molecule has 5 nitrogen and oxygen atoms in total. The number of rotatable bonds is 4. The Kier molecular flexibility index (Phi) is 6.37. The molecule has 0 amide bonds. The molecule has 0 bridgehead atoms. The first-order valence-electron chi connectivity index (χ1n) is 17.9. The monoisotopic (exact) mass is 725 g/mol. The second-order valence-corrected chi connectivity index (χ2v) is 15.8. The Morgan fingerprint density at radius 1 is 0.426 bits per heavy atom. The fraction of sp³-hybridized carbons (Fsp3) is 0. The molecule has 0 fully saturated rings. The Morgan fingerprint density at radius 2 is 1.06 bits per heavy atom. The molecule has 7 aromatic carbocycles. The van der Waals surface area contributed by atoms with Crippen LogP contribution in [-0.2, 0) is 0 Å². The van der Waals surface area contributed by atoms with Crippen LogP contribution in [0.2, 0.25) is 0 Å². The molecule has 0 atom stereocenters. The van der Waals surface area contributed by atoms with Gasteiger partial charge in [0.25, 0.3) is 0 Å². The van der Waals surface area contributed by atoms with Gasteiger partial charge in [-0.05, 0) is 72.8 Å². The number of aromatic nitrogens is 5. The van der Waals surface area contributed by atoms with Crippen LogP contribution in [0.5, 0.6) is 0 Å². The highest BCUT2D eigenvalue weighted by Gasteiger charge is 2.28. The molecule has 1 aliphatic heterocycles. The third-order valence-corrected chi connectivity index (χ3v) is 12.8. The van der Waals surface area contributed by atoms with Crippen molar-refractivity contribution in [3.05, 3.63) is 164 Å². The van der Waals surface area contributed by atoms with Crippen LogP contribution in [0.1, 0.15) is 0 Å². The second-order valence-electron chi connectivity index (χ2n) is 13.6. The highest BCUT2D eigenvalue weighted by Crippen LogP contribution is 2.49. The molecule has 5 heterocycles. The number of para-hydroxylation sites is 3. The van der Waals surface area contributed by atoms with Crippen LogP contribution in [0.3, 0.4) is 0 Å². The van der Waals surface area contributed by atoms with Gasteiger partial charge in [0.1, 0.15) is 5.65 Å². The summed E-state index contributed by atoms with van der Waals surface area (Å²) in [4.78, 5) is 18.0. The molecule has 252 valence electrons. The highest BCUT2D eigenvalue weighted by molar-refractivity contribution is 7.99. The van der Waals surface area contributed by atoms with Crippen LogP contribution in [0.25, 0.3) is 98.5 Å². The second kappa shape index (κ2) is 11.5. The van der Waals surface area contributed by atoms with Crippen molar-refractivity contribution in [1.29, 1.82) is 0 Å². The zero-order valence-corrected chi connectivity index (χ0v) is 30.3. The summed E-state index contributed by atoms with van der Waals surface area (Å²) < 4.78 is 7.41. The van der Waals surface area contributed by atoms with E-state index in [4.69, 9.17) is 15.0 Å². The van der Waals surface area contributed by atoms with Crippen molar-refractivity contribution in [1.82, 2.24) is 24.1 Å². The third-order valence-electron chi connectivity index (χ3n) is 10.5. The average Bonchev–Trinajstić information content (AvgIpc) is 3.89. The summed E-state index contributed by atoms with van der Waals surface area (Å²) in [5.41, 5.74) is 8.71. The van der Waals surface area contributed by atoms with E-state index in [9.17, 15) is 0 Å². The van der Waals surface area contributed by atoms with Crippen molar-refractivity contribution >= 4 is 76.1 Å². The molecule has 11 aromatic rings. The fourth-order valence-electron chi connectivity index (χ4n) is 8.17. The highest BCUT2D eigenvalue weighted by atomic mass is 32.2. The molecule has 0 saturated carbocycles. The SMILES string of the molecule is c1ccc(-c2nc(-c3ccc4sc5ccccc5c4c3)nc(-c3ccc4c(c3)c3c5cccc6c5n(c3n4-c3ccccc3)-c3ccccc3S6)n2)cc1. The minimum Gasteiger partial charge on any atom is -0.295 e. The number of nitrogens with zero attached hydrogens (tertiary/aromatic N) is 5. The molecular formula is C47H27N5S2. The molecule has 0 radical (unpaired) electrons. The van der Waals surface area contributed by atoms with Gasteiger partial charge in [-0.15, -0.1) is 11.3 Å². The van der Waals surface area contributed by atoms with Crippen molar-refractivity contribution in [2.24, 2.45) is 0 Å². The van der Waals surface area contributed by atoms with Crippen molar-refractivity contribution < 1.29 is 0 Å². The van der Waals surface area contributed by atoms with E-state index >= 15 is 0 Å². The van der Waals surface area contributed by atoms with E-state index in [1.54, 1.807) is 0 Å². The average molecular weight is 726 g/mol. The van der Waals surface area contributed by atoms with E-state index in [-0.39, 0.29) is 0 Å². The lowest BCUT2D eigenvalue weighted by atomic mass is 10.1. The number of benzene rings is 7. The molecule has 1 aliphatic rings. The standard InChI is InChI=1S/C47H27N5S2/c1-3-12-28(13-4-1)44-48-45(50-46(49-44)30-23-25-39-34(26-30)32-16-7-9-19-38(32)53-39)29-22-24-36-35(27-29)42-33-17-11-21-41-43(33)52(37-18-8-10-20-40(37)54-41)47(42)51(36)31-14-5-2-6-15-31/h1-27H. The molecule has 0 spiro atoms. The van der Waals surface area contributed by atoms with E-state index in [0.717, 1.165) is 38.9 Å². The van der Waals surface area contributed by atoms with Crippen molar-refractivity contribution in [3.8, 4) is 45.5 Å². The van der Waals surface area contributed by atoms with Crippen molar-refractivity contribution in [2.45, 2.75) is 9.79 Å².